The fraction of sp³-hybridized carbons (Fsp3) is 0.733. The van der Waals surface area contributed by atoms with Gasteiger partial charge in [-0.25, -0.2) is 0 Å². The molecule has 5 heteroatoms. The predicted molar refractivity (Wildman–Crippen MR) is 79.4 cm³/mol. The molecule has 2 rings (SSSR count). The van der Waals surface area contributed by atoms with E-state index < -0.39 is 0 Å². The normalized spacial score (nSPS) is 16.9. The molecule has 1 aromatic rings. The molecule has 0 spiro atoms. The Bertz CT molecular complexity index is 421. The Morgan fingerprint density at radius 2 is 2.10 bits per heavy atom. The van der Waals surface area contributed by atoms with Crippen molar-refractivity contribution in [3.8, 4) is 0 Å². The highest BCUT2D eigenvalue weighted by Gasteiger charge is 2.25. The van der Waals surface area contributed by atoms with Gasteiger partial charge in [-0.15, -0.1) is 0 Å². The summed E-state index contributed by atoms with van der Waals surface area (Å²) in [5, 5.41) is 4.11. The number of nitrogens with two attached hydrogens (primary N) is 1. The van der Waals surface area contributed by atoms with Gasteiger partial charge in [0.1, 0.15) is 0 Å². The molecule has 0 atom stereocenters. The number of aromatic nitrogens is 2. The summed E-state index contributed by atoms with van der Waals surface area (Å²) in [6.45, 7) is 1.39. The highest BCUT2D eigenvalue weighted by molar-refractivity contribution is 5.94. The zero-order valence-corrected chi connectivity index (χ0v) is 12.4. The van der Waals surface area contributed by atoms with Crippen molar-refractivity contribution in [2.45, 2.75) is 51.0 Å². The molecule has 1 saturated carbocycles. The average molecular weight is 278 g/mol. The fourth-order valence-corrected chi connectivity index (χ4v) is 2.98. The Balaban J connectivity index is 2.10. The van der Waals surface area contributed by atoms with E-state index in [9.17, 15) is 4.79 Å². The molecule has 0 unspecified atom stereocenters. The SMILES string of the molecule is Cn1cc(C(=O)N(CCCN)C2CCCCCC2)cn1. The molecule has 0 bridgehead atoms. The summed E-state index contributed by atoms with van der Waals surface area (Å²) < 4.78 is 1.68. The van der Waals surface area contributed by atoms with Crippen LogP contribution in [0.25, 0.3) is 0 Å². The van der Waals surface area contributed by atoms with Crippen LogP contribution in [0.15, 0.2) is 12.4 Å². The minimum absolute atomic E-state index is 0.110. The first kappa shape index (κ1) is 15.0. The maximum Gasteiger partial charge on any atom is 0.257 e. The van der Waals surface area contributed by atoms with Gasteiger partial charge in [-0.1, -0.05) is 25.7 Å². The van der Waals surface area contributed by atoms with Gasteiger partial charge in [0.15, 0.2) is 0 Å². The van der Waals surface area contributed by atoms with Crippen molar-refractivity contribution in [1.82, 2.24) is 14.7 Å². The number of hydrogen-bond acceptors (Lipinski definition) is 3. The summed E-state index contributed by atoms with van der Waals surface area (Å²) in [7, 11) is 1.84. The van der Waals surface area contributed by atoms with Crippen LogP contribution in [0.3, 0.4) is 0 Å². The number of nitrogens with zero attached hydrogens (tertiary/aromatic N) is 3. The lowest BCUT2D eigenvalue weighted by Crippen LogP contribution is -2.41. The van der Waals surface area contributed by atoms with Gasteiger partial charge in [-0.05, 0) is 25.8 Å². The van der Waals surface area contributed by atoms with Gasteiger partial charge in [-0.3, -0.25) is 9.48 Å². The average Bonchev–Trinajstić information content (AvgIpc) is 2.72. The van der Waals surface area contributed by atoms with E-state index in [0.717, 1.165) is 25.8 Å². The summed E-state index contributed by atoms with van der Waals surface area (Å²) in [5.74, 6) is 0.110. The van der Waals surface area contributed by atoms with Gasteiger partial charge in [0, 0.05) is 25.8 Å². The Morgan fingerprint density at radius 1 is 1.40 bits per heavy atom. The van der Waals surface area contributed by atoms with Crippen molar-refractivity contribution >= 4 is 5.91 Å². The minimum Gasteiger partial charge on any atom is -0.336 e. The number of hydrogen-bond donors (Lipinski definition) is 1. The lowest BCUT2D eigenvalue weighted by atomic mass is 10.1. The second-order valence-electron chi connectivity index (χ2n) is 5.69. The topological polar surface area (TPSA) is 64.2 Å². The number of carbonyl (C=O) groups excluding carboxylic acids is 1. The van der Waals surface area contributed by atoms with E-state index in [-0.39, 0.29) is 5.91 Å². The molecule has 0 aromatic carbocycles. The Hall–Kier alpha value is -1.36. The number of rotatable bonds is 5. The molecule has 1 aromatic heterocycles. The van der Waals surface area contributed by atoms with Gasteiger partial charge in [0.2, 0.25) is 0 Å². The van der Waals surface area contributed by atoms with E-state index in [1.807, 2.05) is 11.9 Å². The molecule has 5 nitrogen and oxygen atoms in total. The third kappa shape index (κ3) is 3.82. The van der Waals surface area contributed by atoms with Crippen LogP contribution in [0.1, 0.15) is 55.3 Å². The van der Waals surface area contributed by atoms with E-state index in [4.69, 9.17) is 5.73 Å². The molecule has 1 fully saturated rings. The van der Waals surface area contributed by atoms with E-state index in [2.05, 4.69) is 5.10 Å². The molecule has 2 N–H and O–H groups in total. The van der Waals surface area contributed by atoms with Crippen molar-refractivity contribution in [3.05, 3.63) is 18.0 Å². The van der Waals surface area contributed by atoms with Crippen LogP contribution in [-0.4, -0.2) is 39.7 Å². The van der Waals surface area contributed by atoms with Gasteiger partial charge >= 0.3 is 0 Å². The number of amides is 1. The maximum absolute atomic E-state index is 12.7. The first-order chi connectivity index (χ1) is 9.72. The zero-order chi connectivity index (χ0) is 14.4. The summed E-state index contributed by atoms with van der Waals surface area (Å²) in [6, 6.07) is 0.372. The van der Waals surface area contributed by atoms with Crippen molar-refractivity contribution in [1.29, 1.82) is 0 Å². The van der Waals surface area contributed by atoms with Gasteiger partial charge in [-0.2, -0.15) is 5.10 Å². The smallest absolute Gasteiger partial charge is 0.257 e. The zero-order valence-electron chi connectivity index (χ0n) is 12.4. The van der Waals surface area contributed by atoms with Crippen LogP contribution in [0.2, 0.25) is 0 Å². The first-order valence-electron chi connectivity index (χ1n) is 7.72. The second kappa shape index (κ2) is 7.43. The second-order valence-corrected chi connectivity index (χ2v) is 5.69. The third-order valence-corrected chi connectivity index (χ3v) is 4.08. The molecule has 0 radical (unpaired) electrons. The predicted octanol–water partition coefficient (Wildman–Crippen LogP) is 1.93. The van der Waals surface area contributed by atoms with Crippen LogP contribution in [-0.2, 0) is 7.05 Å². The molecular weight excluding hydrogens is 252 g/mol. The monoisotopic (exact) mass is 278 g/mol. The standard InChI is InChI=1S/C15H26N4O/c1-18-12-13(11-17-18)15(20)19(10-6-9-16)14-7-4-2-3-5-8-14/h11-12,14H,2-10,16H2,1H3. The number of aryl methyl sites for hydroxylation is 1. The van der Waals surface area contributed by atoms with Crippen LogP contribution in [0.4, 0.5) is 0 Å². The summed E-state index contributed by atoms with van der Waals surface area (Å²) in [6.07, 6.45) is 11.6. The summed E-state index contributed by atoms with van der Waals surface area (Å²) in [4.78, 5) is 14.7. The fourth-order valence-electron chi connectivity index (χ4n) is 2.98. The minimum atomic E-state index is 0.110. The summed E-state index contributed by atoms with van der Waals surface area (Å²) >= 11 is 0. The van der Waals surface area contributed by atoms with Gasteiger partial charge in [0.05, 0.1) is 11.8 Å². The quantitative estimate of drug-likeness (QED) is 0.837. The largest absolute Gasteiger partial charge is 0.336 e. The molecule has 1 heterocycles. The molecule has 1 amide bonds. The number of carbonyl (C=O) groups is 1. The first-order valence-corrected chi connectivity index (χ1v) is 7.72. The lowest BCUT2D eigenvalue weighted by molar-refractivity contribution is 0.0659. The van der Waals surface area contributed by atoms with E-state index in [1.54, 1.807) is 17.1 Å². The molecule has 0 saturated heterocycles. The third-order valence-electron chi connectivity index (χ3n) is 4.08. The molecule has 1 aliphatic rings. The Kier molecular flexibility index (Phi) is 5.59. The Labute approximate surface area is 121 Å². The van der Waals surface area contributed by atoms with Crippen LogP contribution >= 0.6 is 0 Å². The van der Waals surface area contributed by atoms with Crippen molar-refractivity contribution in [2.24, 2.45) is 12.8 Å². The van der Waals surface area contributed by atoms with E-state index in [0.29, 0.717) is 18.2 Å². The van der Waals surface area contributed by atoms with Crippen LogP contribution in [0.5, 0.6) is 0 Å². The molecule has 20 heavy (non-hydrogen) atoms. The molecule has 1 aliphatic carbocycles. The maximum atomic E-state index is 12.7. The molecular formula is C15H26N4O. The Morgan fingerprint density at radius 3 is 2.65 bits per heavy atom. The van der Waals surface area contributed by atoms with Crippen LogP contribution < -0.4 is 5.73 Å². The highest BCUT2D eigenvalue weighted by Crippen LogP contribution is 2.23. The van der Waals surface area contributed by atoms with Crippen molar-refractivity contribution in [2.75, 3.05) is 13.1 Å². The van der Waals surface area contributed by atoms with Crippen molar-refractivity contribution in [3.63, 3.8) is 0 Å². The molecule has 0 aliphatic heterocycles. The van der Waals surface area contributed by atoms with E-state index in [1.165, 1.54) is 25.7 Å². The highest BCUT2D eigenvalue weighted by atomic mass is 16.2. The van der Waals surface area contributed by atoms with Crippen LogP contribution in [0, 0.1) is 0 Å². The molecule has 112 valence electrons. The van der Waals surface area contributed by atoms with Gasteiger partial charge < -0.3 is 10.6 Å². The lowest BCUT2D eigenvalue weighted by Gasteiger charge is -2.31. The van der Waals surface area contributed by atoms with E-state index >= 15 is 0 Å². The summed E-state index contributed by atoms with van der Waals surface area (Å²) in [5.41, 5.74) is 6.31. The van der Waals surface area contributed by atoms with Crippen molar-refractivity contribution < 1.29 is 4.79 Å². The van der Waals surface area contributed by atoms with Gasteiger partial charge in [0.25, 0.3) is 5.91 Å².